The molecule has 0 aliphatic heterocycles. The Morgan fingerprint density at radius 3 is 2.88 bits per heavy atom. The summed E-state index contributed by atoms with van der Waals surface area (Å²) < 4.78 is 4.68. The summed E-state index contributed by atoms with van der Waals surface area (Å²) in [4.78, 5) is 15.7. The SMILES string of the molecule is CCCc1ccc2ncc(C(=O)OC)cc2c1. The molecule has 1 heterocycles. The van der Waals surface area contributed by atoms with Crippen LogP contribution in [0.1, 0.15) is 29.3 Å². The lowest BCUT2D eigenvalue weighted by Crippen LogP contribution is -2.01. The van der Waals surface area contributed by atoms with Crippen molar-refractivity contribution in [1.82, 2.24) is 4.98 Å². The smallest absolute Gasteiger partial charge is 0.339 e. The van der Waals surface area contributed by atoms with Gasteiger partial charge in [0.1, 0.15) is 0 Å². The van der Waals surface area contributed by atoms with Crippen molar-refractivity contribution in [2.24, 2.45) is 0 Å². The molecule has 0 saturated heterocycles. The Hall–Kier alpha value is -1.90. The highest BCUT2D eigenvalue weighted by Gasteiger charge is 2.07. The molecule has 3 nitrogen and oxygen atoms in total. The number of hydrogen-bond donors (Lipinski definition) is 0. The molecule has 0 N–H and O–H groups in total. The highest BCUT2D eigenvalue weighted by atomic mass is 16.5. The second-order valence-electron chi connectivity index (χ2n) is 3.99. The van der Waals surface area contributed by atoms with Crippen molar-refractivity contribution in [2.45, 2.75) is 19.8 Å². The molecule has 0 unspecified atom stereocenters. The van der Waals surface area contributed by atoms with Gasteiger partial charge in [-0.3, -0.25) is 4.98 Å². The van der Waals surface area contributed by atoms with Crippen LogP contribution in [0.4, 0.5) is 0 Å². The normalized spacial score (nSPS) is 10.5. The van der Waals surface area contributed by atoms with Crippen molar-refractivity contribution in [2.75, 3.05) is 7.11 Å². The highest BCUT2D eigenvalue weighted by Crippen LogP contribution is 2.17. The van der Waals surface area contributed by atoms with Crippen molar-refractivity contribution in [3.63, 3.8) is 0 Å². The largest absolute Gasteiger partial charge is 0.465 e. The predicted molar refractivity (Wildman–Crippen MR) is 67.1 cm³/mol. The summed E-state index contributed by atoms with van der Waals surface area (Å²) in [6, 6.07) is 7.98. The Labute approximate surface area is 100 Å². The van der Waals surface area contributed by atoms with E-state index < -0.39 is 0 Å². The van der Waals surface area contributed by atoms with Crippen LogP contribution in [0.2, 0.25) is 0 Å². The zero-order valence-corrected chi connectivity index (χ0v) is 10.1. The summed E-state index contributed by atoms with van der Waals surface area (Å²) in [7, 11) is 1.38. The monoisotopic (exact) mass is 229 g/mol. The van der Waals surface area contributed by atoms with E-state index in [4.69, 9.17) is 0 Å². The number of aromatic nitrogens is 1. The number of nitrogens with zero attached hydrogens (tertiary/aromatic N) is 1. The number of methoxy groups -OCH3 is 1. The van der Waals surface area contributed by atoms with Gasteiger partial charge in [-0.05, 0) is 30.2 Å². The lowest BCUT2D eigenvalue weighted by Gasteiger charge is -2.04. The molecule has 0 amide bonds. The molecule has 2 rings (SSSR count). The van der Waals surface area contributed by atoms with Crippen LogP contribution in [0.25, 0.3) is 10.9 Å². The molecule has 17 heavy (non-hydrogen) atoms. The number of hydrogen-bond acceptors (Lipinski definition) is 3. The lowest BCUT2D eigenvalue weighted by molar-refractivity contribution is 0.0600. The second-order valence-corrected chi connectivity index (χ2v) is 3.99. The van der Waals surface area contributed by atoms with E-state index in [1.165, 1.54) is 12.7 Å². The van der Waals surface area contributed by atoms with Crippen molar-refractivity contribution in [3.8, 4) is 0 Å². The van der Waals surface area contributed by atoms with Crippen LogP contribution in [0.5, 0.6) is 0 Å². The van der Waals surface area contributed by atoms with E-state index in [1.54, 1.807) is 6.20 Å². The van der Waals surface area contributed by atoms with Crippen LogP contribution in [-0.2, 0) is 11.2 Å². The average Bonchev–Trinajstić information content (AvgIpc) is 2.37. The molecule has 1 aromatic heterocycles. The first-order valence-corrected chi connectivity index (χ1v) is 5.71. The Morgan fingerprint density at radius 2 is 2.18 bits per heavy atom. The number of esters is 1. The number of ether oxygens (including phenoxy) is 1. The average molecular weight is 229 g/mol. The molecule has 0 bridgehead atoms. The molecular formula is C14H15NO2. The van der Waals surface area contributed by atoms with E-state index in [9.17, 15) is 4.79 Å². The van der Waals surface area contributed by atoms with Gasteiger partial charge in [0.15, 0.2) is 0 Å². The summed E-state index contributed by atoms with van der Waals surface area (Å²) in [6.07, 6.45) is 3.70. The van der Waals surface area contributed by atoms with E-state index >= 15 is 0 Å². The molecule has 0 spiro atoms. The zero-order chi connectivity index (χ0) is 12.3. The molecule has 0 atom stereocenters. The van der Waals surface area contributed by atoms with E-state index in [-0.39, 0.29) is 5.97 Å². The van der Waals surface area contributed by atoms with Crippen molar-refractivity contribution in [1.29, 1.82) is 0 Å². The molecule has 0 aliphatic rings. The molecular weight excluding hydrogens is 214 g/mol. The molecule has 0 radical (unpaired) electrons. The quantitative estimate of drug-likeness (QED) is 0.759. The van der Waals surface area contributed by atoms with Crippen molar-refractivity contribution >= 4 is 16.9 Å². The number of aryl methyl sites for hydroxylation is 1. The lowest BCUT2D eigenvalue weighted by atomic mass is 10.1. The Morgan fingerprint density at radius 1 is 1.35 bits per heavy atom. The van der Waals surface area contributed by atoms with E-state index in [2.05, 4.69) is 28.8 Å². The van der Waals surface area contributed by atoms with Gasteiger partial charge in [0.2, 0.25) is 0 Å². The zero-order valence-electron chi connectivity index (χ0n) is 10.1. The molecule has 0 fully saturated rings. The van der Waals surface area contributed by atoms with Crippen LogP contribution in [0, 0.1) is 0 Å². The summed E-state index contributed by atoms with van der Waals surface area (Å²) in [6.45, 7) is 2.15. The maximum atomic E-state index is 11.4. The number of pyridine rings is 1. The fourth-order valence-corrected chi connectivity index (χ4v) is 1.85. The Kier molecular flexibility index (Phi) is 3.38. The topological polar surface area (TPSA) is 39.2 Å². The number of benzene rings is 1. The standard InChI is InChI=1S/C14H15NO2/c1-3-4-10-5-6-13-11(7-10)8-12(9-15-13)14(16)17-2/h5-9H,3-4H2,1-2H3. The number of fused-ring (bicyclic) bond motifs is 1. The van der Waals surface area contributed by atoms with Gasteiger partial charge in [-0.15, -0.1) is 0 Å². The minimum Gasteiger partial charge on any atom is -0.465 e. The summed E-state index contributed by atoms with van der Waals surface area (Å²) in [5.41, 5.74) is 2.66. The first-order chi connectivity index (χ1) is 8.24. The third-order valence-electron chi connectivity index (χ3n) is 2.71. The number of carbonyl (C=O) groups is 1. The third-order valence-corrected chi connectivity index (χ3v) is 2.71. The van der Waals surface area contributed by atoms with Crippen LogP contribution < -0.4 is 0 Å². The first-order valence-electron chi connectivity index (χ1n) is 5.71. The third kappa shape index (κ3) is 2.44. The summed E-state index contributed by atoms with van der Waals surface area (Å²) in [5.74, 6) is -0.347. The minimum atomic E-state index is -0.347. The highest BCUT2D eigenvalue weighted by molar-refractivity contribution is 5.93. The van der Waals surface area contributed by atoms with Crippen molar-refractivity contribution < 1.29 is 9.53 Å². The van der Waals surface area contributed by atoms with Gasteiger partial charge in [0.05, 0.1) is 18.2 Å². The first kappa shape index (κ1) is 11.6. The Balaban J connectivity index is 2.46. The molecule has 0 saturated carbocycles. The van der Waals surface area contributed by atoms with Gasteiger partial charge < -0.3 is 4.74 Å². The number of carbonyl (C=O) groups excluding carboxylic acids is 1. The summed E-state index contributed by atoms with van der Waals surface area (Å²) in [5, 5.41) is 0.985. The maximum Gasteiger partial charge on any atom is 0.339 e. The van der Waals surface area contributed by atoms with Crippen molar-refractivity contribution in [3.05, 3.63) is 41.6 Å². The van der Waals surface area contributed by atoms with Crippen LogP contribution in [0.3, 0.4) is 0 Å². The van der Waals surface area contributed by atoms with Crippen LogP contribution in [0.15, 0.2) is 30.5 Å². The number of rotatable bonds is 3. The van der Waals surface area contributed by atoms with Gasteiger partial charge in [0, 0.05) is 11.6 Å². The van der Waals surface area contributed by atoms with Crippen LogP contribution >= 0.6 is 0 Å². The maximum absolute atomic E-state index is 11.4. The fourth-order valence-electron chi connectivity index (χ4n) is 1.85. The van der Waals surface area contributed by atoms with E-state index in [0.717, 1.165) is 23.7 Å². The molecule has 2 aromatic rings. The predicted octanol–water partition coefficient (Wildman–Crippen LogP) is 2.97. The van der Waals surface area contributed by atoms with Gasteiger partial charge in [-0.25, -0.2) is 4.79 Å². The van der Waals surface area contributed by atoms with E-state index in [1.807, 2.05) is 12.1 Å². The molecule has 1 aromatic carbocycles. The second kappa shape index (κ2) is 4.95. The summed E-state index contributed by atoms with van der Waals surface area (Å²) >= 11 is 0. The van der Waals surface area contributed by atoms with Crippen LogP contribution in [-0.4, -0.2) is 18.1 Å². The molecule has 88 valence electrons. The Bertz CT molecular complexity index is 549. The van der Waals surface area contributed by atoms with E-state index in [0.29, 0.717) is 5.56 Å². The van der Waals surface area contributed by atoms with Gasteiger partial charge >= 0.3 is 5.97 Å². The fraction of sp³-hybridized carbons (Fsp3) is 0.286. The van der Waals surface area contributed by atoms with Gasteiger partial charge in [-0.1, -0.05) is 19.4 Å². The molecule has 3 heteroatoms. The molecule has 0 aliphatic carbocycles. The minimum absolute atomic E-state index is 0.347. The van der Waals surface area contributed by atoms with Gasteiger partial charge in [-0.2, -0.15) is 0 Å². The van der Waals surface area contributed by atoms with Gasteiger partial charge in [0.25, 0.3) is 0 Å².